The van der Waals surface area contributed by atoms with Crippen LogP contribution in [-0.2, 0) is 6.18 Å². The lowest BCUT2D eigenvalue weighted by Gasteiger charge is -2.08. The second-order valence-corrected chi connectivity index (χ2v) is 2.43. The number of carboxylic acid groups (broad SMARTS) is 1. The molecule has 0 amide bonds. The van der Waals surface area contributed by atoms with Gasteiger partial charge in [0.05, 0.1) is 5.56 Å². The molecule has 0 aromatic carbocycles. The number of hydrogen-bond donors (Lipinski definition) is 1. The summed E-state index contributed by atoms with van der Waals surface area (Å²) in [6.45, 7) is 0. The molecule has 0 saturated carbocycles. The lowest BCUT2D eigenvalue weighted by molar-refractivity contribution is -0.605. The summed E-state index contributed by atoms with van der Waals surface area (Å²) in [5, 5.41) is 19.0. The fraction of sp³-hybridized carbons (Fsp3) is 0.143. The average Bonchev–Trinajstić information content (AvgIpc) is 2.01. The first-order chi connectivity index (χ1) is 6.32. The number of alkyl halides is 3. The zero-order valence-electron chi connectivity index (χ0n) is 6.58. The Balaban J connectivity index is 3.37. The summed E-state index contributed by atoms with van der Waals surface area (Å²) < 4.78 is 36.5. The van der Waals surface area contributed by atoms with Crippen LogP contribution in [0.25, 0.3) is 0 Å². The Bertz CT molecular complexity index is 375. The van der Waals surface area contributed by atoms with E-state index < -0.39 is 23.3 Å². The topological polar surface area (TPSA) is 64.2 Å². The van der Waals surface area contributed by atoms with Gasteiger partial charge in [0, 0.05) is 6.07 Å². The van der Waals surface area contributed by atoms with Crippen molar-refractivity contribution in [3.8, 4) is 0 Å². The Morgan fingerprint density at radius 1 is 1.50 bits per heavy atom. The highest BCUT2D eigenvalue weighted by Gasteiger charge is 2.36. The zero-order valence-corrected chi connectivity index (χ0v) is 6.58. The van der Waals surface area contributed by atoms with Gasteiger partial charge in [-0.2, -0.15) is 17.9 Å². The fourth-order valence-electron chi connectivity index (χ4n) is 0.895. The number of carboxylic acids is 1. The molecule has 1 aromatic rings. The smallest absolute Gasteiger partial charge is 0.417 e. The van der Waals surface area contributed by atoms with E-state index in [1.165, 1.54) is 0 Å². The number of halogens is 3. The molecule has 7 heteroatoms. The van der Waals surface area contributed by atoms with Crippen molar-refractivity contribution in [3.05, 3.63) is 34.8 Å². The molecule has 1 aromatic heterocycles. The van der Waals surface area contributed by atoms with Crippen molar-refractivity contribution in [1.82, 2.24) is 0 Å². The van der Waals surface area contributed by atoms with Gasteiger partial charge in [0.15, 0.2) is 12.4 Å². The number of hydrogen-bond acceptors (Lipinski definition) is 2. The molecule has 0 aliphatic heterocycles. The second kappa shape index (κ2) is 3.17. The Labute approximate surface area is 75.8 Å². The Kier molecular flexibility index (Phi) is 2.33. The van der Waals surface area contributed by atoms with E-state index in [1.54, 1.807) is 0 Å². The minimum absolute atomic E-state index is 0.00130. The predicted octanol–water partition coefficient (Wildman–Crippen LogP) is 1.04. The van der Waals surface area contributed by atoms with Gasteiger partial charge in [0.2, 0.25) is 0 Å². The van der Waals surface area contributed by atoms with Crippen molar-refractivity contribution in [1.29, 1.82) is 0 Å². The van der Waals surface area contributed by atoms with Gasteiger partial charge in [-0.25, -0.2) is 4.79 Å². The minimum Gasteiger partial charge on any atom is -0.619 e. The maximum absolute atomic E-state index is 12.2. The Morgan fingerprint density at radius 2 is 2.07 bits per heavy atom. The molecular weight excluding hydrogens is 203 g/mol. The number of rotatable bonds is 1. The highest BCUT2D eigenvalue weighted by molar-refractivity contribution is 5.88. The maximum Gasteiger partial charge on any atom is 0.417 e. The van der Waals surface area contributed by atoms with Gasteiger partial charge < -0.3 is 10.3 Å². The molecule has 0 bridgehead atoms. The van der Waals surface area contributed by atoms with Crippen LogP contribution in [0.5, 0.6) is 0 Å². The third-order valence-corrected chi connectivity index (χ3v) is 1.47. The summed E-state index contributed by atoms with van der Waals surface area (Å²) in [5.74, 6) is -1.79. The first-order valence-corrected chi connectivity index (χ1v) is 3.35. The summed E-state index contributed by atoms with van der Waals surface area (Å²) in [5.41, 5.74) is -2.40. The molecule has 1 heterocycles. The molecule has 1 N–H and O–H groups in total. The van der Waals surface area contributed by atoms with Crippen LogP contribution in [-0.4, -0.2) is 11.1 Å². The van der Waals surface area contributed by atoms with E-state index in [-0.39, 0.29) is 4.73 Å². The van der Waals surface area contributed by atoms with Gasteiger partial charge in [-0.1, -0.05) is 0 Å². The minimum atomic E-state index is -4.78. The molecule has 0 saturated heterocycles. The van der Waals surface area contributed by atoms with E-state index in [9.17, 15) is 23.2 Å². The molecule has 0 aliphatic carbocycles. The van der Waals surface area contributed by atoms with Crippen molar-refractivity contribution < 1.29 is 27.8 Å². The summed E-state index contributed by atoms with van der Waals surface area (Å²) in [4.78, 5) is 10.4. The SMILES string of the molecule is O=C(O)c1c[n+]([O-])ccc1C(F)(F)F. The van der Waals surface area contributed by atoms with E-state index in [1.807, 2.05) is 0 Å². The monoisotopic (exact) mass is 207 g/mol. The van der Waals surface area contributed by atoms with Crippen molar-refractivity contribution in [2.24, 2.45) is 0 Å². The van der Waals surface area contributed by atoms with Crippen LogP contribution >= 0.6 is 0 Å². The number of aromatic nitrogens is 1. The van der Waals surface area contributed by atoms with Crippen molar-refractivity contribution in [2.75, 3.05) is 0 Å². The van der Waals surface area contributed by atoms with E-state index in [0.29, 0.717) is 18.5 Å². The number of aromatic carboxylic acids is 1. The molecule has 0 atom stereocenters. The molecular formula is C7H4F3NO3. The standard InChI is InChI=1S/C7H4F3NO3/c8-7(9,10)5-1-2-11(14)3-4(5)6(12)13/h1-3H,(H,12,13). The molecule has 1 rings (SSSR count). The third-order valence-electron chi connectivity index (χ3n) is 1.47. The third kappa shape index (κ3) is 1.93. The summed E-state index contributed by atoms with van der Waals surface area (Å²) in [6, 6.07) is 0.427. The molecule has 0 unspecified atom stereocenters. The van der Waals surface area contributed by atoms with Crippen LogP contribution in [0.2, 0.25) is 0 Å². The molecule has 76 valence electrons. The van der Waals surface area contributed by atoms with Gasteiger partial charge in [0.1, 0.15) is 5.56 Å². The Morgan fingerprint density at radius 3 is 2.50 bits per heavy atom. The summed E-state index contributed by atoms with van der Waals surface area (Å²) in [7, 11) is 0. The van der Waals surface area contributed by atoms with Gasteiger partial charge in [-0.15, -0.1) is 0 Å². The lowest BCUT2D eigenvalue weighted by Crippen LogP contribution is -2.28. The normalized spacial score (nSPS) is 11.4. The first kappa shape index (κ1) is 10.3. The van der Waals surface area contributed by atoms with E-state index >= 15 is 0 Å². The molecule has 14 heavy (non-hydrogen) atoms. The van der Waals surface area contributed by atoms with Crippen LogP contribution in [0.3, 0.4) is 0 Å². The van der Waals surface area contributed by atoms with Crippen LogP contribution in [0.1, 0.15) is 15.9 Å². The molecule has 4 nitrogen and oxygen atoms in total. The molecule has 0 radical (unpaired) electrons. The fourth-order valence-corrected chi connectivity index (χ4v) is 0.895. The molecule has 0 spiro atoms. The van der Waals surface area contributed by atoms with Gasteiger partial charge in [-0.3, -0.25) is 0 Å². The van der Waals surface area contributed by atoms with Gasteiger partial charge >= 0.3 is 12.1 Å². The van der Waals surface area contributed by atoms with Crippen LogP contribution in [0.15, 0.2) is 18.5 Å². The predicted molar refractivity (Wildman–Crippen MR) is 37.4 cm³/mol. The highest BCUT2D eigenvalue weighted by Crippen LogP contribution is 2.30. The number of pyridine rings is 1. The lowest BCUT2D eigenvalue weighted by atomic mass is 10.1. The van der Waals surface area contributed by atoms with E-state index in [0.717, 1.165) is 0 Å². The second-order valence-electron chi connectivity index (χ2n) is 2.43. The van der Waals surface area contributed by atoms with Gasteiger partial charge in [-0.05, 0) is 0 Å². The molecule has 0 aliphatic rings. The van der Waals surface area contributed by atoms with Crippen LogP contribution < -0.4 is 4.73 Å². The number of nitrogens with zero attached hydrogens (tertiary/aromatic N) is 1. The van der Waals surface area contributed by atoms with E-state index in [4.69, 9.17) is 5.11 Å². The molecule has 0 fully saturated rings. The summed E-state index contributed by atoms with van der Waals surface area (Å²) >= 11 is 0. The summed E-state index contributed by atoms with van der Waals surface area (Å²) in [6.07, 6.45) is -3.82. The quantitative estimate of drug-likeness (QED) is 0.552. The average molecular weight is 207 g/mol. The number of carbonyl (C=O) groups is 1. The van der Waals surface area contributed by atoms with Crippen molar-refractivity contribution in [3.63, 3.8) is 0 Å². The largest absolute Gasteiger partial charge is 0.619 e. The van der Waals surface area contributed by atoms with Crippen LogP contribution in [0, 0.1) is 5.21 Å². The van der Waals surface area contributed by atoms with Crippen molar-refractivity contribution >= 4 is 5.97 Å². The zero-order chi connectivity index (χ0) is 10.9. The first-order valence-electron chi connectivity index (χ1n) is 3.35. The van der Waals surface area contributed by atoms with Crippen LogP contribution in [0.4, 0.5) is 13.2 Å². The maximum atomic E-state index is 12.2. The highest BCUT2D eigenvalue weighted by atomic mass is 19.4. The van der Waals surface area contributed by atoms with Crippen molar-refractivity contribution in [2.45, 2.75) is 6.18 Å². The van der Waals surface area contributed by atoms with E-state index in [2.05, 4.69) is 0 Å². The Hall–Kier alpha value is -1.79. The van der Waals surface area contributed by atoms with Gasteiger partial charge in [0.25, 0.3) is 0 Å².